The molecule has 4 N–H and O–H groups in total. The monoisotopic (exact) mass is 512 g/mol. The number of anilines is 1. The summed E-state index contributed by atoms with van der Waals surface area (Å²) in [7, 11) is 0. The molecule has 0 aliphatic heterocycles. The smallest absolute Gasteiger partial charge is 0.0739 e. The Morgan fingerprint density at radius 1 is 1.00 bits per heavy atom. The van der Waals surface area contributed by atoms with Crippen LogP contribution in [0.3, 0.4) is 0 Å². The van der Waals surface area contributed by atoms with Crippen molar-refractivity contribution in [3.63, 3.8) is 0 Å². The summed E-state index contributed by atoms with van der Waals surface area (Å²) in [5.41, 5.74) is 3.44. The van der Waals surface area contributed by atoms with Gasteiger partial charge in [0, 0.05) is 0 Å². The molecule has 0 heterocycles. The van der Waals surface area contributed by atoms with Gasteiger partial charge >= 0.3 is 88.1 Å². The summed E-state index contributed by atoms with van der Waals surface area (Å²) in [6.45, 7) is 1.29. The Morgan fingerprint density at radius 2 is 1.59 bits per heavy atom. The van der Waals surface area contributed by atoms with Crippen molar-refractivity contribution in [2.45, 2.75) is 6.92 Å². The molecule has 0 unspecified atom stereocenters. The van der Waals surface area contributed by atoms with E-state index in [9.17, 15) is 13.6 Å². The van der Waals surface area contributed by atoms with Crippen molar-refractivity contribution < 1.29 is 21.8 Å². The molecule has 3 aromatic rings. The van der Waals surface area contributed by atoms with Gasteiger partial charge < -0.3 is 0 Å². The van der Waals surface area contributed by atoms with Crippen LogP contribution < -0.4 is 9.67 Å². The fourth-order valence-electron chi connectivity index (χ4n) is 2.52. The summed E-state index contributed by atoms with van der Waals surface area (Å²) >= 11 is -0.536. The molecule has 0 atom stereocenters. The van der Waals surface area contributed by atoms with Crippen LogP contribution >= 0.6 is 12.2 Å². The van der Waals surface area contributed by atoms with Gasteiger partial charge in [0.2, 0.25) is 0 Å². The number of isothiocyanates is 1. The Kier molecular flexibility index (Phi) is 9.35. The average molecular weight is 512 g/mol. The second kappa shape index (κ2) is 12.0. The van der Waals surface area contributed by atoms with Gasteiger partial charge in [-0.15, -0.1) is 0 Å². The van der Waals surface area contributed by atoms with Crippen molar-refractivity contribution in [3.05, 3.63) is 83.9 Å². The second-order valence-electron chi connectivity index (χ2n) is 6.47. The molecule has 0 aliphatic rings. The SMILES string of the molecule is CC(=O)Nc1ccc([As](=O)(O)O)c(O)c1.S=C=Nc1ccc(C=Cc2ccccc2)cc1. The number of carbonyl (C=O) groups excluding carboxylic acids is 1. The third kappa shape index (κ3) is 8.47. The maximum atomic E-state index is 10.9. The quantitative estimate of drug-likeness (QED) is 0.180. The third-order valence-electron chi connectivity index (χ3n) is 3.95. The number of amides is 1. The molecule has 0 aliphatic carbocycles. The number of benzene rings is 3. The summed E-state index contributed by atoms with van der Waals surface area (Å²) in [5, 5.41) is 14.0. The number of phenolic OH excluding ortho intramolecular Hbond substituents is 1. The Hall–Kier alpha value is -3.25. The number of aliphatic imine (C=N–C) groups is 1. The fraction of sp³-hybridized carbons (Fsp3) is 0.0435. The van der Waals surface area contributed by atoms with Crippen LogP contribution in [0, 0.1) is 0 Å². The third-order valence-corrected chi connectivity index (χ3v) is 6.15. The molecular formula is C23H21AsN2O5S. The standard InChI is InChI=1S/C15H11NS.C8H10AsNO5/c17-12-16-15-10-8-14(9-11-15)7-6-13-4-2-1-3-5-13;1-5(11)10-6-2-3-7(8(12)4-6)9(13,14)15/h1-11H;2-4,12H,1H3,(H,10,11)(H2,13,14,15). The van der Waals surface area contributed by atoms with Gasteiger partial charge in [0.15, 0.2) is 0 Å². The van der Waals surface area contributed by atoms with E-state index < -0.39 is 24.3 Å². The van der Waals surface area contributed by atoms with Crippen LogP contribution in [0.4, 0.5) is 11.4 Å². The van der Waals surface area contributed by atoms with Crippen molar-refractivity contribution in [3.8, 4) is 5.75 Å². The predicted octanol–water partition coefficient (Wildman–Crippen LogP) is 3.50. The molecule has 0 aromatic heterocycles. The minimum atomic E-state index is -5.09. The maximum absolute atomic E-state index is 10.9. The van der Waals surface area contributed by atoms with Crippen LogP contribution in [-0.2, 0) is 8.53 Å². The first kappa shape index (κ1) is 25.0. The second-order valence-corrected chi connectivity index (χ2v) is 9.94. The fourth-order valence-corrected chi connectivity index (χ4v) is 3.95. The number of hydrogen-bond donors (Lipinski definition) is 4. The van der Waals surface area contributed by atoms with Crippen molar-refractivity contribution in [1.82, 2.24) is 0 Å². The number of nitrogens with zero attached hydrogens (tertiary/aromatic N) is 1. The number of thiocarbonyl (C=S) groups is 1. The Balaban J connectivity index is 0.000000229. The Labute approximate surface area is 193 Å². The van der Waals surface area contributed by atoms with Crippen molar-refractivity contribution in [1.29, 1.82) is 0 Å². The van der Waals surface area contributed by atoms with Crippen LogP contribution in [0.15, 0.2) is 77.8 Å². The van der Waals surface area contributed by atoms with Gasteiger partial charge in [-0.05, 0) is 35.5 Å². The number of nitrogens with one attached hydrogen (secondary N) is 1. The first-order valence-corrected chi connectivity index (χ1v) is 13.1. The van der Waals surface area contributed by atoms with Crippen LogP contribution in [-0.4, -0.2) is 38.5 Å². The van der Waals surface area contributed by atoms with Crippen molar-refractivity contribution in [2.24, 2.45) is 4.99 Å². The zero-order chi connectivity index (χ0) is 23.6. The molecule has 3 aromatic carbocycles. The van der Waals surface area contributed by atoms with Crippen LogP contribution in [0.2, 0.25) is 0 Å². The van der Waals surface area contributed by atoms with Crippen LogP contribution in [0.5, 0.6) is 5.75 Å². The first-order valence-electron chi connectivity index (χ1n) is 9.27. The molecule has 3 rings (SSSR count). The van der Waals surface area contributed by atoms with E-state index in [0.717, 1.165) is 23.4 Å². The van der Waals surface area contributed by atoms with E-state index in [-0.39, 0.29) is 11.6 Å². The number of rotatable bonds is 5. The van der Waals surface area contributed by atoms with Crippen molar-refractivity contribution >= 4 is 65.3 Å². The molecule has 32 heavy (non-hydrogen) atoms. The summed E-state index contributed by atoms with van der Waals surface area (Å²) in [6, 6.07) is 21.6. The topological polar surface area (TPSA) is 119 Å². The minimum Gasteiger partial charge on any atom is -0.195 e. The molecule has 0 bridgehead atoms. The van der Waals surface area contributed by atoms with E-state index in [1.54, 1.807) is 0 Å². The van der Waals surface area contributed by atoms with Gasteiger partial charge in [-0.1, -0.05) is 54.6 Å². The number of hydrogen-bond acceptors (Lipinski definition) is 5. The zero-order valence-corrected chi connectivity index (χ0v) is 19.7. The summed E-state index contributed by atoms with van der Waals surface area (Å²) in [5.74, 6) is -0.850. The van der Waals surface area contributed by atoms with Gasteiger partial charge in [-0.2, -0.15) is 4.99 Å². The van der Waals surface area contributed by atoms with Crippen LogP contribution in [0.25, 0.3) is 12.2 Å². The van der Waals surface area contributed by atoms with Gasteiger partial charge in [0.25, 0.3) is 0 Å². The first-order chi connectivity index (χ1) is 15.2. The normalized spacial score (nSPS) is 10.6. The molecule has 0 fully saturated rings. The molecule has 0 radical (unpaired) electrons. The van der Waals surface area contributed by atoms with E-state index in [4.69, 9.17) is 8.19 Å². The zero-order valence-electron chi connectivity index (χ0n) is 17.0. The summed E-state index contributed by atoms with van der Waals surface area (Å²) < 4.78 is 28.2. The summed E-state index contributed by atoms with van der Waals surface area (Å²) in [4.78, 5) is 14.6. The molecule has 0 spiro atoms. The Morgan fingerprint density at radius 3 is 2.09 bits per heavy atom. The van der Waals surface area contributed by atoms with E-state index in [1.807, 2.05) is 42.5 Å². The minimum absolute atomic E-state index is 0.285. The molecular weight excluding hydrogens is 491 g/mol. The molecule has 164 valence electrons. The van der Waals surface area contributed by atoms with Gasteiger partial charge in [0.05, 0.1) is 10.8 Å². The molecule has 7 nitrogen and oxygen atoms in total. The summed E-state index contributed by atoms with van der Waals surface area (Å²) in [6.07, 6.45) is 4.15. The number of phenols is 1. The van der Waals surface area contributed by atoms with E-state index in [1.165, 1.54) is 18.6 Å². The largest absolute Gasteiger partial charge is 0.195 e. The van der Waals surface area contributed by atoms with Gasteiger partial charge in [-0.25, -0.2) is 0 Å². The van der Waals surface area contributed by atoms with Crippen molar-refractivity contribution in [2.75, 3.05) is 5.32 Å². The Bertz CT molecular complexity index is 1180. The average Bonchev–Trinajstić information content (AvgIpc) is 2.73. The number of carbonyl (C=O) groups is 1. The molecule has 9 heteroatoms. The van der Waals surface area contributed by atoms with Crippen LogP contribution in [0.1, 0.15) is 18.1 Å². The van der Waals surface area contributed by atoms with E-state index >= 15 is 0 Å². The predicted molar refractivity (Wildman–Crippen MR) is 129 cm³/mol. The number of aromatic hydroxyl groups is 1. The maximum Gasteiger partial charge on any atom is 0.0739 e. The molecule has 1 amide bonds. The van der Waals surface area contributed by atoms with Gasteiger partial charge in [0.1, 0.15) is 0 Å². The van der Waals surface area contributed by atoms with E-state index in [0.29, 0.717) is 0 Å². The van der Waals surface area contributed by atoms with Gasteiger partial charge in [-0.3, -0.25) is 0 Å². The van der Waals surface area contributed by atoms with E-state index in [2.05, 4.69) is 52.0 Å². The molecule has 0 saturated heterocycles. The molecule has 0 saturated carbocycles.